The maximum absolute atomic E-state index is 12.1. The van der Waals surface area contributed by atoms with Crippen LogP contribution in [0.15, 0.2) is 24.3 Å². The van der Waals surface area contributed by atoms with E-state index >= 15 is 0 Å². The highest BCUT2D eigenvalue weighted by atomic mass is 16.5. The molecule has 2 rings (SSSR count). The van der Waals surface area contributed by atoms with Crippen LogP contribution >= 0.6 is 0 Å². The van der Waals surface area contributed by atoms with E-state index < -0.39 is 12.1 Å². The summed E-state index contributed by atoms with van der Waals surface area (Å²) < 4.78 is 5.54. The zero-order valence-corrected chi connectivity index (χ0v) is 11.7. The first-order chi connectivity index (χ1) is 10.0. The smallest absolute Gasteiger partial charge is 0.303 e. The van der Waals surface area contributed by atoms with Gasteiger partial charge in [0.2, 0.25) is 0 Å². The highest BCUT2D eigenvalue weighted by Gasteiger charge is 2.34. The van der Waals surface area contributed by atoms with Crippen LogP contribution in [-0.4, -0.2) is 41.1 Å². The molecule has 0 aliphatic carbocycles. The number of hydrogen-bond donors (Lipinski definition) is 1. The number of likely N-dealkylation sites (tertiary alicyclic amines) is 1. The molecule has 1 heterocycles. The zero-order valence-electron chi connectivity index (χ0n) is 11.7. The van der Waals surface area contributed by atoms with Crippen molar-refractivity contribution >= 4 is 11.9 Å². The zero-order chi connectivity index (χ0) is 15.4. The summed E-state index contributed by atoms with van der Waals surface area (Å²) in [6.45, 7) is 2.51. The summed E-state index contributed by atoms with van der Waals surface area (Å²) in [6.07, 6.45) is -0.624. The second-order valence-electron chi connectivity index (χ2n) is 5.08. The lowest BCUT2D eigenvalue weighted by atomic mass is 9.96. The number of carboxylic acid groups (broad SMARTS) is 1. The van der Waals surface area contributed by atoms with Crippen molar-refractivity contribution in [2.45, 2.75) is 19.4 Å². The number of nitriles is 1. The molecule has 0 bridgehead atoms. The molecule has 1 fully saturated rings. The van der Waals surface area contributed by atoms with Crippen LogP contribution in [0.25, 0.3) is 0 Å². The Hall–Kier alpha value is -2.55. The number of ether oxygens (including phenoxy) is 1. The molecule has 1 saturated heterocycles. The van der Waals surface area contributed by atoms with Crippen molar-refractivity contribution in [3.63, 3.8) is 0 Å². The molecule has 1 atom stereocenters. The molecule has 0 radical (unpaired) electrons. The third-order valence-corrected chi connectivity index (χ3v) is 3.39. The van der Waals surface area contributed by atoms with E-state index in [1.165, 1.54) is 0 Å². The van der Waals surface area contributed by atoms with E-state index in [0.29, 0.717) is 24.4 Å². The highest BCUT2D eigenvalue weighted by Crippen LogP contribution is 2.23. The predicted octanol–water partition coefficient (Wildman–Crippen LogP) is 1.26. The molecule has 1 aromatic rings. The summed E-state index contributed by atoms with van der Waals surface area (Å²) in [4.78, 5) is 24.3. The van der Waals surface area contributed by atoms with Gasteiger partial charge in [0.25, 0.3) is 5.91 Å². The quantitative estimate of drug-likeness (QED) is 0.880. The maximum atomic E-state index is 12.1. The van der Waals surface area contributed by atoms with Crippen molar-refractivity contribution in [2.24, 2.45) is 5.92 Å². The fourth-order valence-electron chi connectivity index (χ4n) is 2.29. The number of amides is 1. The van der Waals surface area contributed by atoms with Crippen LogP contribution in [0.3, 0.4) is 0 Å². The lowest BCUT2D eigenvalue weighted by molar-refractivity contribution is -0.149. The number of carbonyl (C=O) groups is 2. The van der Waals surface area contributed by atoms with Crippen LogP contribution in [-0.2, 0) is 9.59 Å². The van der Waals surface area contributed by atoms with Gasteiger partial charge in [0.1, 0.15) is 11.8 Å². The van der Waals surface area contributed by atoms with Crippen molar-refractivity contribution in [3.8, 4) is 11.8 Å². The van der Waals surface area contributed by atoms with E-state index in [-0.39, 0.29) is 18.2 Å². The minimum absolute atomic E-state index is 0.0186. The van der Waals surface area contributed by atoms with Gasteiger partial charge in [0, 0.05) is 19.0 Å². The third-order valence-electron chi connectivity index (χ3n) is 3.39. The van der Waals surface area contributed by atoms with Crippen molar-refractivity contribution in [1.29, 1.82) is 5.26 Å². The lowest BCUT2D eigenvalue weighted by Gasteiger charge is -2.39. The highest BCUT2D eigenvalue weighted by molar-refractivity contribution is 5.82. The Morgan fingerprint density at radius 2 is 2.14 bits per heavy atom. The lowest BCUT2D eigenvalue weighted by Crippen LogP contribution is -2.54. The number of aliphatic carboxylic acids is 1. The van der Waals surface area contributed by atoms with E-state index in [4.69, 9.17) is 15.1 Å². The molecule has 1 aliphatic heterocycles. The van der Waals surface area contributed by atoms with Crippen molar-refractivity contribution in [3.05, 3.63) is 29.8 Å². The Morgan fingerprint density at radius 3 is 2.76 bits per heavy atom. The number of hydrogen-bond acceptors (Lipinski definition) is 4. The van der Waals surface area contributed by atoms with Crippen LogP contribution in [0, 0.1) is 17.2 Å². The SMILES string of the molecule is CC(Oc1ccccc1C#N)C(=O)N1CC(CC(=O)O)C1. The van der Waals surface area contributed by atoms with E-state index in [1.807, 2.05) is 6.07 Å². The van der Waals surface area contributed by atoms with Crippen molar-refractivity contribution < 1.29 is 19.4 Å². The summed E-state index contributed by atoms with van der Waals surface area (Å²) in [5.41, 5.74) is 0.379. The number of rotatable bonds is 5. The minimum Gasteiger partial charge on any atom is -0.481 e. The number of benzene rings is 1. The number of nitrogens with zero attached hydrogens (tertiary/aromatic N) is 2. The van der Waals surface area contributed by atoms with Gasteiger partial charge >= 0.3 is 5.97 Å². The second-order valence-corrected chi connectivity index (χ2v) is 5.08. The maximum Gasteiger partial charge on any atom is 0.303 e. The molecule has 1 N–H and O–H groups in total. The molecule has 0 aromatic heterocycles. The summed E-state index contributed by atoms with van der Waals surface area (Å²) in [5, 5.41) is 17.7. The molecule has 0 saturated carbocycles. The van der Waals surface area contributed by atoms with Gasteiger partial charge in [0.15, 0.2) is 6.10 Å². The summed E-state index contributed by atoms with van der Waals surface area (Å²) >= 11 is 0. The molecule has 21 heavy (non-hydrogen) atoms. The van der Waals surface area contributed by atoms with Gasteiger partial charge in [-0.25, -0.2) is 0 Å². The monoisotopic (exact) mass is 288 g/mol. The molecule has 0 spiro atoms. The van der Waals surface area contributed by atoms with Gasteiger partial charge in [-0.1, -0.05) is 12.1 Å². The standard InChI is InChI=1S/C15H16N2O4/c1-10(21-13-5-3-2-4-12(13)7-16)15(20)17-8-11(9-17)6-14(18)19/h2-5,10-11H,6,8-9H2,1H3,(H,18,19). The van der Waals surface area contributed by atoms with Gasteiger partial charge in [-0.3, -0.25) is 9.59 Å². The van der Waals surface area contributed by atoms with Gasteiger partial charge < -0.3 is 14.7 Å². The Balaban J connectivity index is 1.90. The van der Waals surface area contributed by atoms with Gasteiger partial charge in [-0.15, -0.1) is 0 Å². The first-order valence-electron chi connectivity index (χ1n) is 6.67. The molecule has 1 amide bonds. The first kappa shape index (κ1) is 14.9. The van der Waals surface area contributed by atoms with Crippen molar-refractivity contribution in [2.75, 3.05) is 13.1 Å². The average Bonchev–Trinajstić information content (AvgIpc) is 2.42. The fourth-order valence-corrected chi connectivity index (χ4v) is 2.29. The van der Waals surface area contributed by atoms with Crippen molar-refractivity contribution in [1.82, 2.24) is 4.90 Å². The van der Waals surface area contributed by atoms with E-state index in [9.17, 15) is 9.59 Å². The normalized spacial score (nSPS) is 15.7. The minimum atomic E-state index is -0.848. The Bertz CT molecular complexity index is 588. The van der Waals surface area contributed by atoms with E-state index in [1.54, 1.807) is 36.1 Å². The number of carboxylic acids is 1. The molecule has 1 unspecified atom stereocenters. The van der Waals surface area contributed by atoms with Crippen LogP contribution in [0.5, 0.6) is 5.75 Å². The van der Waals surface area contributed by atoms with Gasteiger partial charge in [0.05, 0.1) is 12.0 Å². The molecular formula is C15H16N2O4. The molecule has 1 aromatic carbocycles. The van der Waals surface area contributed by atoms with Gasteiger partial charge in [-0.05, 0) is 19.1 Å². The summed E-state index contributed by atoms with van der Waals surface area (Å²) in [6, 6.07) is 8.74. The van der Waals surface area contributed by atoms with Crippen LogP contribution in [0.4, 0.5) is 0 Å². The van der Waals surface area contributed by atoms with E-state index in [2.05, 4.69) is 0 Å². The average molecular weight is 288 g/mol. The Labute approximate surface area is 122 Å². The molecule has 1 aliphatic rings. The number of para-hydroxylation sites is 1. The summed E-state index contributed by atoms with van der Waals surface area (Å²) in [7, 11) is 0. The largest absolute Gasteiger partial charge is 0.481 e. The third kappa shape index (κ3) is 3.51. The topological polar surface area (TPSA) is 90.6 Å². The predicted molar refractivity (Wildman–Crippen MR) is 73.6 cm³/mol. The molecule has 6 nitrogen and oxygen atoms in total. The first-order valence-corrected chi connectivity index (χ1v) is 6.67. The Kier molecular flexibility index (Phi) is 4.43. The second kappa shape index (κ2) is 6.27. The Morgan fingerprint density at radius 1 is 1.48 bits per heavy atom. The molecular weight excluding hydrogens is 272 g/mol. The van der Waals surface area contributed by atoms with E-state index in [0.717, 1.165) is 0 Å². The van der Waals surface area contributed by atoms with Gasteiger partial charge in [-0.2, -0.15) is 5.26 Å². The fraction of sp³-hybridized carbons (Fsp3) is 0.400. The summed E-state index contributed by atoms with van der Waals surface area (Å²) in [5.74, 6) is -0.641. The molecule has 6 heteroatoms. The number of carbonyl (C=O) groups excluding carboxylic acids is 1. The molecule has 110 valence electrons. The van der Waals surface area contributed by atoms with Crippen LogP contribution < -0.4 is 4.74 Å². The van der Waals surface area contributed by atoms with Crippen LogP contribution in [0.2, 0.25) is 0 Å². The van der Waals surface area contributed by atoms with Crippen LogP contribution in [0.1, 0.15) is 18.9 Å².